The molecule has 0 saturated heterocycles. The molecule has 0 unspecified atom stereocenters. The molecule has 1 aromatic rings. The van der Waals surface area contributed by atoms with Crippen LogP contribution >= 0.6 is 0 Å². The van der Waals surface area contributed by atoms with E-state index in [9.17, 15) is 4.79 Å². The van der Waals surface area contributed by atoms with Crippen molar-refractivity contribution in [3.8, 4) is 0 Å². The number of aryl methyl sites for hydroxylation is 1. The fraction of sp³-hybridized carbons (Fsp3) is 0.500. The van der Waals surface area contributed by atoms with E-state index in [-0.39, 0.29) is 5.91 Å². The summed E-state index contributed by atoms with van der Waals surface area (Å²) in [5, 5.41) is 3.09. The molecule has 0 fully saturated rings. The number of benzene rings is 1. The minimum absolute atomic E-state index is 0.110. The van der Waals surface area contributed by atoms with E-state index in [0.717, 1.165) is 36.3 Å². The van der Waals surface area contributed by atoms with Crippen molar-refractivity contribution in [3.63, 3.8) is 0 Å². The van der Waals surface area contributed by atoms with E-state index >= 15 is 0 Å². The molecule has 0 radical (unpaired) electrons. The topological polar surface area (TPSA) is 32.3 Å². The van der Waals surface area contributed by atoms with Crippen LogP contribution in [0.5, 0.6) is 0 Å². The predicted octanol–water partition coefficient (Wildman–Crippen LogP) is 2.91. The maximum atomic E-state index is 12.3. The molecule has 94 valence electrons. The normalized spacial score (nSPS) is 10.1. The number of carbonyl (C=O) groups excluding carboxylic acids is 1. The zero-order chi connectivity index (χ0) is 12.8. The molecule has 3 nitrogen and oxygen atoms in total. The van der Waals surface area contributed by atoms with E-state index in [2.05, 4.69) is 12.2 Å². The third-order valence-corrected chi connectivity index (χ3v) is 2.84. The van der Waals surface area contributed by atoms with Crippen LogP contribution in [0.1, 0.15) is 36.2 Å². The van der Waals surface area contributed by atoms with Crippen LogP contribution < -0.4 is 5.32 Å². The lowest BCUT2D eigenvalue weighted by atomic mass is 10.1. The van der Waals surface area contributed by atoms with Gasteiger partial charge in [0.05, 0.1) is 5.56 Å². The van der Waals surface area contributed by atoms with Gasteiger partial charge in [-0.25, -0.2) is 0 Å². The highest BCUT2D eigenvalue weighted by Crippen LogP contribution is 2.19. The molecule has 1 N–H and O–H groups in total. The zero-order valence-electron chi connectivity index (χ0n) is 11.2. The summed E-state index contributed by atoms with van der Waals surface area (Å²) in [6.07, 6.45) is 0.986. The fourth-order valence-corrected chi connectivity index (χ4v) is 1.89. The Balaban J connectivity index is 3.02. The molecular weight excluding hydrogens is 212 g/mol. The average Bonchev–Trinajstić information content (AvgIpc) is 2.34. The first-order valence-corrected chi connectivity index (χ1v) is 6.21. The second kappa shape index (κ2) is 6.28. The van der Waals surface area contributed by atoms with Crippen molar-refractivity contribution in [3.05, 3.63) is 29.3 Å². The lowest BCUT2D eigenvalue weighted by molar-refractivity contribution is 0.0765. The molecule has 1 rings (SSSR count). The minimum Gasteiger partial charge on any atom is -0.387 e. The fourth-order valence-electron chi connectivity index (χ4n) is 1.89. The molecule has 1 amide bonds. The van der Waals surface area contributed by atoms with Gasteiger partial charge in [0.25, 0.3) is 5.91 Å². The molecule has 1 aromatic carbocycles. The Morgan fingerprint density at radius 3 is 2.59 bits per heavy atom. The maximum Gasteiger partial charge on any atom is 0.255 e. The lowest BCUT2D eigenvalue weighted by Gasteiger charge is -2.21. The molecule has 0 heterocycles. The van der Waals surface area contributed by atoms with Gasteiger partial charge in [0, 0.05) is 25.8 Å². The highest BCUT2D eigenvalue weighted by atomic mass is 16.2. The van der Waals surface area contributed by atoms with Gasteiger partial charge in [-0.05, 0) is 38.0 Å². The van der Waals surface area contributed by atoms with Gasteiger partial charge in [0.1, 0.15) is 0 Å². The summed E-state index contributed by atoms with van der Waals surface area (Å²) < 4.78 is 0. The van der Waals surface area contributed by atoms with E-state index in [1.54, 1.807) is 0 Å². The van der Waals surface area contributed by atoms with Gasteiger partial charge >= 0.3 is 0 Å². The molecule has 0 bridgehead atoms. The van der Waals surface area contributed by atoms with Crippen LogP contribution in [0, 0.1) is 6.92 Å². The molecular formula is C14H22N2O. The van der Waals surface area contributed by atoms with Crippen molar-refractivity contribution in [1.82, 2.24) is 4.90 Å². The Morgan fingerprint density at radius 2 is 2.06 bits per heavy atom. The number of amides is 1. The van der Waals surface area contributed by atoms with Crippen LogP contribution in [0.3, 0.4) is 0 Å². The van der Waals surface area contributed by atoms with Crippen molar-refractivity contribution in [2.24, 2.45) is 0 Å². The Bertz CT molecular complexity index is 388. The Kier molecular flexibility index (Phi) is 5.01. The lowest BCUT2D eigenvalue weighted by Crippen LogP contribution is -2.32. The highest BCUT2D eigenvalue weighted by molar-refractivity contribution is 5.99. The van der Waals surface area contributed by atoms with Crippen LogP contribution in [0.4, 0.5) is 5.69 Å². The summed E-state index contributed by atoms with van der Waals surface area (Å²) in [6.45, 7) is 7.69. The first kappa shape index (κ1) is 13.6. The number of nitrogens with zero attached hydrogens (tertiary/aromatic N) is 1. The predicted molar refractivity (Wildman–Crippen MR) is 72.6 cm³/mol. The molecule has 0 spiro atoms. The summed E-state index contributed by atoms with van der Waals surface area (Å²) in [5.74, 6) is 0.110. The van der Waals surface area contributed by atoms with Crippen molar-refractivity contribution < 1.29 is 4.79 Å². The third kappa shape index (κ3) is 3.22. The molecule has 3 heteroatoms. The molecule has 0 aliphatic heterocycles. The Hall–Kier alpha value is -1.51. The quantitative estimate of drug-likeness (QED) is 0.849. The van der Waals surface area contributed by atoms with E-state index < -0.39 is 0 Å². The molecule has 17 heavy (non-hydrogen) atoms. The highest BCUT2D eigenvalue weighted by Gasteiger charge is 2.16. The Labute approximate surface area is 104 Å². The summed E-state index contributed by atoms with van der Waals surface area (Å²) in [5.41, 5.74) is 2.82. The number of nitrogens with one attached hydrogen (secondary N) is 1. The second-order valence-corrected chi connectivity index (χ2v) is 4.18. The molecule has 0 atom stereocenters. The number of rotatable bonds is 5. The minimum atomic E-state index is 0.110. The summed E-state index contributed by atoms with van der Waals surface area (Å²) in [4.78, 5) is 14.2. The van der Waals surface area contributed by atoms with Crippen LogP contribution in [-0.4, -0.2) is 30.9 Å². The smallest absolute Gasteiger partial charge is 0.255 e. The summed E-state index contributed by atoms with van der Waals surface area (Å²) in [7, 11) is 1.85. The number of hydrogen-bond donors (Lipinski definition) is 1. The Morgan fingerprint density at radius 1 is 1.35 bits per heavy atom. The van der Waals surface area contributed by atoms with E-state index in [4.69, 9.17) is 0 Å². The molecule has 0 saturated carbocycles. The first-order valence-electron chi connectivity index (χ1n) is 6.21. The number of carbonyl (C=O) groups is 1. The van der Waals surface area contributed by atoms with Gasteiger partial charge in [-0.2, -0.15) is 0 Å². The van der Waals surface area contributed by atoms with Crippen molar-refractivity contribution in [2.75, 3.05) is 25.5 Å². The van der Waals surface area contributed by atoms with Crippen LogP contribution in [0.2, 0.25) is 0 Å². The number of hydrogen-bond acceptors (Lipinski definition) is 2. The average molecular weight is 234 g/mol. The molecule has 0 aliphatic carbocycles. The second-order valence-electron chi connectivity index (χ2n) is 4.18. The van der Waals surface area contributed by atoms with E-state index in [1.807, 2.05) is 44.0 Å². The maximum absolute atomic E-state index is 12.3. The third-order valence-electron chi connectivity index (χ3n) is 2.84. The van der Waals surface area contributed by atoms with Gasteiger partial charge < -0.3 is 10.2 Å². The van der Waals surface area contributed by atoms with Crippen LogP contribution in [0.15, 0.2) is 18.2 Å². The molecule has 0 aromatic heterocycles. The number of anilines is 1. The van der Waals surface area contributed by atoms with Gasteiger partial charge in [0.2, 0.25) is 0 Å². The van der Waals surface area contributed by atoms with Gasteiger partial charge in [0.15, 0.2) is 0 Å². The van der Waals surface area contributed by atoms with Gasteiger partial charge in [-0.3, -0.25) is 4.79 Å². The zero-order valence-corrected chi connectivity index (χ0v) is 11.2. The van der Waals surface area contributed by atoms with E-state index in [0.29, 0.717) is 0 Å². The van der Waals surface area contributed by atoms with E-state index in [1.165, 1.54) is 0 Å². The van der Waals surface area contributed by atoms with Crippen LogP contribution in [0.25, 0.3) is 0 Å². The molecule has 0 aliphatic rings. The SMILES string of the molecule is CCCN(CC)C(=O)c1ccc(C)cc1NC. The summed E-state index contributed by atoms with van der Waals surface area (Å²) >= 11 is 0. The van der Waals surface area contributed by atoms with Gasteiger partial charge in [-0.15, -0.1) is 0 Å². The van der Waals surface area contributed by atoms with Gasteiger partial charge in [-0.1, -0.05) is 13.0 Å². The monoisotopic (exact) mass is 234 g/mol. The standard InChI is InChI=1S/C14H22N2O/c1-5-9-16(6-2)14(17)12-8-7-11(3)10-13(12)15-4/h7-8,10,15H,5-6,9H2,1-4H3. The van der Waals surface area contributed by atoms with Crippen molar-refractivity contribution >= 4 is 11.6 Å². The summed E-state index contributed by atoms with van der Waals surface area (Å²) in [6, 6.07) is 5.89. The first-order chi connectivity index (χ1) is 8.13. The largest absolute Gasteiger partial charge is 0.387 e. The van der Waals surface area contributed by atoms with Crippen molar-refractivity contribution in [1.29, 1.82) is 0 Å². The van der Waals surface area contributed by atoms with Crippen molar-refractivity contribution in [2.45, 2.75) is 27.2 Å². The van der Waals surface area contributed by atoms with Crippen LogP contribution in [-0.2, 0) is 0 Å².